The van der Waals surface area contributed by atoms with Crippen LogP contribution >= 0.6 is 23.1 Å². The molecular formula is C9H9N3OS2. The summed E-state index contributed by atoms with van der Waals surface area (Å²) in [4.78, 5) is 8.14. The summed E-state index contributed by atoms with van der Waals surface area (Å²) in [5.74, 6) is 1.27. The second-order valence-electron chi connectivity index (χ2n) is 2.75. The van der Waals surface area contributed by atoms with E-state index in [2.05, 4.69) is 16.5 Å². The Morgan fingerprint density at radius 1 is 1.67 bits per heavy atom. The second-order valence-corrected chi connectivity index (χ2v) is 4.64. The lowest BCUT2D eigenvalue weighted by molar-refractivity contribution is 0.542. The number of thioether (sulfide) groups is 1. The first-order chi connectivity index (χ1) is 7.25. The fourth-order valence-electron chi connectivity index (χ4n) is 0.959. The third-order valence-electron chi connectivity index (χ3n) is 1.63. The molecule has 0 aromatic carbocycles. The largest absolute Gasteiger partial charge is 0.445 e. The fraction of sp³-hybridized carbons (Fsp3) is 0.111. The molecule has 0 atom stereocenters. The molecule has 2 aromatic heterocycles. The molecule has 0 bridgehead atoms. The van der Waals surface area contributed by atoms with Crippen LogP contribution < -0.4 is 5.73 Å². The van der Waals surface area contributed by atoms with Gasteiger partial charge in [0, 0.05) is 16.7 Å². The van der Waals surface area contributed by atoms with Gasteiger partial charge in [-0.15, -0.1) is 23.1 Å². The average molecular weight is 239 g/mol. The average Bonchev–Trinajstić information content (AvgIpc) is 2.84. The van der Waals surface area contributed by atoms with E-state index in [1.54, 1.807) is 18.0 Å². The van der Waals surface area contributed by atoms with Gasteiger partial charge in [0.25, 0.3) is 0 Å². The van der Waals surface area contributed by atoms with E-state index in [0.29, 0.717) is 16.8 Å². The minimum Gasteiger partial charge on any atom is -0.445 e. The predicted octanol–water partition coefficient (Wildman–Crippen LogP) is 2.52. The van der Waals surface area contributed by atoms with Crippen molar-refractivity contribution in [1.82, 2.24) is 9.97 Å². The van der Waals surface area contributed by atoms with Crippen molar-refractivity contribution in [1.29, 1.82) is 0 Å². The molecule has 2 rings (SSSR count). The molecule has 15 heavy (non-hydrogen) atoms. The van der Waals surface area contributed by atoms with Crippen LogP contribution in [0.4, 0.5) is 5.13 Å². The number of aromatic nitrogens is 2. The van der Waals surface area contributed by atoms with Crippen LogP contribution in [0.5, 0.6) is 0 Å². The fourth-order valence-corrected chi connectivity index (χ4v) is 2.47. The highest BCUT2D eigenvalue weighted by molar-refractivity contribution is 7.99. The van der Waals surface area contributed by atoms with Gasteiger partial charge >= 0.3 is 0 Å². The van der Waals surface area contributed by atoms with Crippen molar-refractivity contribution in [3.05, 3.63) is 30.3 Å². The van der Waals surface area contributed by atoms with Crippen molar-refractivity contribution in [2.24, 2.45) is 0 Å². The Balaban J connectivity index is 1.91. The number of nitrogens with zero attached hydrogens (tertiary/aromatic N) is 2. The SMILES string of the molecule is C=C(CSc1csc(N)n1)c1ncco1. The lowest BCUT2D eigenvalue weighted by Gasteiger charge is -1.98. The van der Waals surface area contributed by atoms with Gasteiger partial charge in [0.2, 0.25) is 5.89 Å². The smallest absolute Gasteiger partial charge is 0.221 e. The monoisotopic (exact) mass is 239 g/mol. The molecule has 4 nitrogen and oxygen atoms in total. The molecule has 0 spiro atoms. The maximum atomic E-state index is 5.52. The highest BCUT2D eigenvalue weighted by atomic mass is 32.2. The Bertz CT molecular complexity index is 450. The lowest BCUT2D eigenvalue weighted by atomic mass is 10.3. The topological polar surface area (TPSA) is 64.9 Å². The predicted molar refractivity (Wildman–Crippen MR) is 62.8 cm³/mol. The van der Waals surface area contributed by atoms with Gasteiger partial charge in [-0.1, -0.05) is 6.58 Å². The molecule has 0 aliphatic carbocycles. The maximum Gasteiger partial charge on any atom is 0.221 e. The van der Waals surface area contributed by atoms with E-state index < -0.39 is 0 Å². The first-order valence-corrected chi connectivity index (χ1v) is 6.03. The number of hydrogen-bond donors (Lipinski definition) is 1. The van der Waals surface area contributed by atoms with Gasteiger partial charge in [0.05, 0.1) is 6.20 Å². The zero-order valence-electron chi connectivity index (χ0n) is 7.84. The molecular weight excluding hydrogens is 230 g/mol. The second kappa shape index (κ2) is 4.50. The number of oxazole rings is 1. The number of nitrogens with two attached hydrogens (primary N) is 1. The van der Waals surface area contributed by atoms with Crippen LogP contribution in [0.2, 0.25) is 0 Å². The molecule has 0 saturated heterocycles. The van der Waals surface area contributed by atoms with E-state index >= 15 is 0 Å². The summed E-state index contributed by atoms with van der Waals surface area (Å²) >= 11 is 3.00. The van der Waals surface area contributed by atoms with Gasteiger partial charge in [-0.2, -0.15) is 0 Å². The van der Waals surface area contributed by atoms with E-state index in [4.69, 9.17) is 10.2 Å². The first kappa shape index (κ1) is 10.3. The minimum atomic E-state index is 0.575. The van der Waals surface area contributed by atoms with Gasteiger partial charge < -0.3 is 10.2 Å². The Hall–Kier alpha value is -1.27. The van der Waals surface area contributed by atoms with Crippen LogP contribution in [0.3, 0.4) is 0 Å². The van der Waals surface area contributed by atoms with Gasteiger partial charge in [0.1, 0.15) is 11.3 Å². The van der Waals surface area contributed by atoms with Crippen LogP contribution in [0.25, 0.3) is 5.57 Å². The summed E-state index contributed by atoms with van der Waals surface area (Å²) in [5, 5.41) is 3.41. The summed E-state index contributed by atoms with van der Waals surface area (Å²) in [6.45, 7) is 3.89. The first-order valence-electron chi connectivity index (χ1n) is 4.17. The zero-order chi connectivity index (χ0) is 10.7. The quantitative estimate of drug-likeness (QED) is 0.830. The normalized spacial score (nSPS) is 10.4. The van der Waals surface area contributed by atoms with E-state index in [9.17, 15) is 0 Å². The van der Waals surface area contributed by atoms with Crippen molar-refractivity contribution in [3.8, 4) is 0 Å². The van der Waals surface area contributed by atoms with Crippen molar-refractivity contribution in [2.75, 3.05) is 11.5 Å². The van der Waals surface area contributed by atoms with E-state index in [0.717, 1.165) is 10.6 Å². The Morgan fingerprint density at radius 2 is 2.53 bits per heavy atom. The van der Waals surface area contributed by atoms with Crippen LogP contribution in [0.15, 0.2) is 33.9 Å². The molecule has 0 fully saturated rings. The van der Waals surface area contributed by atoms with Gasteiger partial charge in [0.15, 0.2) is 5.13 Å². The van der Waals surface area contributed by atoms with Gasteiger partial charge in [-0.3, -0.25) is 0 Å². The van der Waals surface area contributed by atoms with Crippen LogP contribution in [-0.4, -0.2) is 15.7 Å². The van der Waals surface area contributed by atoms with Crippen LogP contribution in [0, 0.1) is 0 Å². The van der Waals surface area contributed by atoms with E-state index in [-0.39, 0.29) is 0 Å². The number of hydrogen-bond acceptors (Lipinski definition) is 6. The minimum absolute atomic E-state index is 0.575. The molecule has 2 aromatic rings. The Kier molecular flexibility index (Phi) is 3.08. The Labute approximate surface area is 95.2 Å². The molecule has 2 N–H and O–H groups in total. The summed E-state index contributed by atoms with van der Waals surface area (Å²) in [6.07, 6.45) is 3.14. The third-order valence-corrected chi connectivity index (χ3v) is 3.45. The van der Waals surface area contributed by atoms with Crippen LogP contribution in [0.1, 0.15) is 5.89 Å². The summed E-state index contributed by atoms with van der Waals surface area (Å²) < 4.78 is 5.12. The zero-order valence-corrected chi connectivity index (χ0v) is 9.48. The number of nitrogen functional groups attached to an aromatic ring is 1. The van der Waals surface area contributed by atoms with Crippen molar-refractivity contribution >= 4 is 33.8 Å². The summed E-state index contributed by atoms with van der Waals surface area (Å²) in [6, 6.07) is 0. The van der Waals surface area contributed by atoms with E-state index in [1.165, 1.54) is 17.6 Å². The highest BCUT2D eigenvalue weighted by Gasteiger charge is 2.06. The van der Waals surface area contributed by atoms with E-state index in [1.807, 2.05) is 5.38 Å². The standard InChI is InChI=1S/C9H9N3OS2/c1-6(8-11-2-3-13-8)4-14-7-5-15-9(10)12-7/h2-3,5H,1,4H2,(H2,10,12). The van der Waals surface area contributed by atoms with Crippen molar-refractivity contribution in [3.63, 3.8) is 0 Å². The molecule has 0 radical (unpaired) electrons. The molecule has 2 heterocycles. The van der Waals surface area contributed by atoms with Crippen molar-refractivity contribution < 1.29 is 4.42 Å². The number of rotatable bonds is 4. The maximum absolute atomic E-state index is 5.52. The summed E-state index contributed by atoms with van der Waals surface area (Å²) in [5.41, 5.74) is 6.36. The Morgan fingerprint density at radius 3 is 3.13 bits per heavy atom. The summed E-state index contributed by atoms with van der Waals surface area (Å²) in [7, 11) is 0. The van der Waals surface area contributed by atoms with Gasteiger partial charge in [-0.25, -0.2) is 9.97 Å². The third kappa shape index (κ3) is 2.60. The van der Waals surface area contributed by atoms with Crippen LogP contribution in [-0.2, 0) is 0 Å². The molecule has 0 aliphatic rings. The number of thiazole rings is 1. The van der Waals surface area contributed by atoms with Gasteiger partial charge in [-0.05, 0) is 0 Å². The number of anilines is 1. The lowest BCUT2D eigenvalue weighted by Crippen LogP contribution is -1.87. The molecule has 0 amide bonds. The molecule has 78 valence electrons. The molecule has 0 saturated carbocycles. The highest BCUT2D eigenvalue weighted by Crippen LogP contribution is 2.25. The molecule has 0 aliphatic heterocycles. The van der Waals surface area contributed by atoms with Crippen molar-refractivity contribution in [2.45, 2.75) is 5.03 Å². The molecule has 0 unspecified atom stereocenters. The molecule has 6 heteroatoms.